The van der Waals surface area contributed by atoms with E-state index in [-0.39, 0.29) is 46.7 Å². The van der Waals surface area contributed by atoms with Gasteiger partial charge in [-0.05, 0) is 68.3 Å². The van der Waals surface area contributed by atoms with Crippen molar-refractivity contribution in [1.82, 2.24) is 15.3 Å². The molecule has 1 aliphatic carbocycles. The number of fused-ring (bicyclic) bond motifs is 1. The Balaban J connectivity index is 1.37. The third kappa shape index (κ3) is 5.45. The van der Waals surface area contributed by atoms with Crippen LogP contribution in [0, 0.1) is 5.82 Å². The molecule has 4 aromatic rings. The van der Waals surface area contributed by atoms with Crippen LogP contribution < -0.4 is 20.5 Å². The van der Waals surface area contributed by atoms with Crippen molar-refractivity contribution in [3.63, 3.8) is 0 Å². The van der Waals surface area contributed by atoms with Gasteiger partial charge in [-0.15, -0.1) is 0 Å². The Morgan fingerprint density at radius 2 is 1.89 bits per heavy atom. The highest BCUT2D eigenvalue weighted by Gasteiger charge is 2.57. The normalized spacial score (nSPS) is 18.9. The first-order valence-electron chi connectivity index (χ1n) is 13.8. The first kappa shape index (κ1) is 30.1. The Hall–Kier alpha value is -4.98. The number of carbonyl (C=O) groups excluding carboxylic acids is 2. The number of primary amides is 1. The summed E-state index contributed by atoms with van der Waals surface area (Å²) in [5.74, 6) is -1.95. The van der Waals surface area contributed by atoms with E-state index in [2.05, 4.69) is 15.3 Å². The van der Waals surface area contributed by atoms with Gasteiger partial charge in [0.2, 0.25) is 17.4 Å². The molecule has 234 valence electrons. The van der Waals surface area contributed by atoms with Crippen LogP contribution in [0.25, 0.3) is 22.7 Å². The van der Waals surface area contributed by atoms with Gasteiger partial charge < -0.3 is 30.0 Å². The number of hydrogen-bond acceptors (Lipinski definition) is 8. The Labute approximate surface area is 253 Å². The SMILES string of the molecule is C[C@]1(C(N)=O)COc2c1cc([C@@](O)(CNC(=O)c1ccc(OC3CC3)c(-c3ncco3)c1)C(F)(F)F)nc2-c1ccc(F)cc1. The number of nitrogens with two attached hydrogens (primary N) is 1. The van der Waals surface area contributed by atoms with E-state index in [0.717, 1.165) is 31.0 Å². The molecular weight excluding hydrogens is 600 g/mol. The number of aromatic nitrogens is 2. The van der Waals surface area contributed by atoms with Gasteiger partial charge in [-0.25, -0.2) is 14.4 Å². The van der Waals surface area contributed by atoms with Crippen LogP contribution in [0.2, 0.25) is 0 Å². The zero-order chi connectivity index (χ0) is 32.1. The van der Waals surface area contributed by atoms with E-state index in [0.29, 0.717) is 11.3 Å². The lowest BCUT2D eigenvalue weighted by atomic mass is 9.81. The number of amides is 2. The summed E-state index contributed by atoms with van der Waals surface area (Å²) in [7, 11) is 0. The minimum absolute atomic E-state index is 0.00150. The van der Waals surface area contributed by atoms with Crippen molar-refractivity contribution in [1.29, 1.82) is 0 Å². The second-order valence-electron chi connectivity index (χ2n) is 11.1. The van der Waals surface area contributed by atoms with Crippen LogP contribution in [-0.2, 0) is 15.8 Å². The molecule has 2 aromatic carbocycles. The van der Waals surface area contributed by atoms with E-state index >= 15 is 0 Å². The van der Waals surface area contributed by atoms with Crippen molar-refractivity contribution in [3.05, 3.63) is 83.6 Å². The van der Waals surface area contributed by atoms with Crippen molar-refractivity contribution >= 4 is 11.8 Å². The van der Waals surface area contributed by atoms with Gasteiger partial charge >= 0.3 is 6.18 Å². The average molecular weight is 627 g/mol. The summed E-state index contributed by atoms with van der Waals surface area (Å²) in [4.78, 5) is 33.8. The summed E-state index contributed by atoms with van der Waals surface area (Å²) in [6.45, 7) is -0.270. The first-order chi connectivity index (χ1) is 21.3. The minimum Gasteiger partial charge on any atom is -0.490 e. The fraction of sp³-hybridized carbons (Fsp3) is 0.290. The van der Waals surface area contributed by atoms with Crippen LogP contribution in [0.15, 0.2) is 65.4 Å². The molecule has 0 spiro atoms. The Bertz CT molecular complexity index is 1780. The summed E-state index contributed by atoms with van der Waals surface area (Å²) in [6, 6.07) is 9.78. The van der Waals surface area contributed by atoms with Crippen LogP contribution in [-0.4, -0.2) is 52.3 Å². The molecule has 1 fully saturated rings. The van der Waals surface area contributed by atoms with Crippen LogP contribution in [0.1, 0.15) is 41.4 Å². The van der Waals surface area contributed by atoms with Gasteiger partial charge in [0.15, 0.2) is 0 Å². The molecule has 0 bridgehead atoms. The molecule has 0 saturated heterocycles. The molecule has 2 amide bonds. The van der Waals surface area contributed by atoms with Crippen molar-refractivity contribution < 1.29 is 46.1 Å². The number of oxazole rings is 1. The van der Waals surface area contributed by atoms with E-state index < -0.39 is 47.1 Å². The Morgan fingerprint density at radius 1 is 1.16 bits per heavy atom. The smallest absolute Gasteiger partial charge is 0.424 e. The highest BCUT2D eigenvalue weighted by Crippen LogP contribution is 2.47. The van der Waals surface area contributed by atoms with E-state index in [9.17, 15) is 32.3 Å². The maximum Gasteiger partial charge on any atom is 0.424 e. The molecule has 45 heavy (non-hydrogen) atoms. The fourth-order valence-electron chi connectivity index (χ4n) is 4.91. The zero-order valence-electron chi connectivity index (χ0n) is 23.7. The predicted molar refractivity (Wildman–Crippen MR) is 150 cm³/mol. The van der Waals surface area contributed by atoms with E-state index in [1.54, 1.807) is 0 Å². The summed E-state index contributed by atoms with van der Waals surface area (Å²) in [5.41, 5.74) is -0.446. The molecule has 2 aliphatic rings. The average Bonchev–Trinajstić information content (AvgIpc) is 3.51. The number of alkyl halides is 3. The monoisotopic (exact) mass is 626 g/mol. The van der Waals surface area contributed by atoms with Gasteiger partial charge in [-0.3, -0.25) is 9.59 Å². The maximum atomic E-state index is 14.7. The lowest BCUT2D eigenvalue weighted by Gasteiger charge is -2.31. The summed E-state index contributed by atoms with van der Waals surface area (Å²) >= 11 is 0. The van der Waals surface area contributed by atoms with E-state index in [1.165, 1.54) is 49.7 Å². The molecule has 2 atom stereocenters. The Morgan fingerprint density at radius 3 is 2.51 bits per heavy atom. The highest BCUT2D eigenvalue weighted by molar-refractivity contribution is 5.96. The molecule has 10 nitrogen and oxygen atoms in total. The molecule has 14 heteroatoms. The van der Waals surface area contributed by atoms with Crippen molar-refractivity contribution in [2.75, 3.05) is 13.2 Å². The summed E-state index contributed by atoms with van der Waals surface area (Å²) < 4.78 is 74.7. The van der Waals surface area contributed by atoms with Crippen LogP contribution in [0.4, 0.5) is 17.6 Å². The Kier molecular flexibility index (Phi) is 7.26. The summed E-state index contributed by atoms with van der Waals surface area (Å²) in [6.07, 6.45) is -0.937. The number of ether oxygens (including phenoxy) is 2. The third-order valence-corrected chi connectivity index (χ3v) is 7.85. The molecule has 3 heterocycles. The third-order valence-electron chi connectivity index (χ3n) is 7.85. The van der Waals surface area contributed by atoms with Crippen molar-refractivity contribution in [2.45, 2.75) is 43.1 Å². The second kappa shape index (κ2) is 10.9. The first-order valence-corrected chi connectivity index (χ1v) is 13.8. The number of rotatable bonds is 9. The van der Waals surface area contributed by atoms with E-state index in [1.807, 2.05) is 0 Å². The van der Waals surface area contributed by atoms with Crippen LogP contribution >= 0.6 is 0 Å². The molecule has 0 radical (unpaired) electrons. The van der Waals surface area contributed by atoms with Gasteiger partial charge in [-0.1, -0.05) is 0 Å². The van der Waals surface area contributed by atoms with Gasteiger partial charge in [0.1, 0.15) is 41.3 Å². The summed E-state index contributed by atoms with van der Waals surface area (Å²) in [5, 5.41) is 13.4. The molecule has 4 N–H and O–H groups in total. The number of benzene rings is 2. The number of aliphatic hydroxyl groups is 1. The zero-order valence-corrected chi connectivity index (χ0v) is 23.7. The number of hydrogen-bond donors (Lipinski definition) is 3. The minimum atomic E-state index is -5.37. The molecule has 2 aromatic heterocycles. The molecule has 6 rings (SSSR count). The lowest BCUT2D eigenvalue weighted by molar-refractivity contribution is -0.265. The van der Waals surface area contributed by atoms with Gasteiger partial charge in [0.25, 0.3) is 5.91 Å². The van der Waals surface area contributed by atoms with Gasteiger partial charge in [-0.2, -0.15) is 13.2 Å². The van der Waals surface area contributed by atoms with E-state index in [4.69, 9.17) is 19.6 Å². The van der Waals surface area contributed by atoms with Crippen LogP contribution in [0.5, 0.6) is 11.5 Å². The number of halogens is 4. The fourth-order valence-corrected chi connectivity index (χ4v) is 4.91. The topological polar surface area (TPSA) is 150 Å². The number of carbonyl (C=O) groups is 2. The maximum absolute atomic E-state index is 14.7. The highest BCUT2D eigenvalue weighted by atomic mass is 19.4. The quantitative estimate of drug-likeness (QED) is 0.232. The molecular formula is C31H26F4N4O6. The molecule has 0 unspecified atom stereocenters. The molecule has 1 aliphatic heterocycles. The van der Waals surface area contributed by atoms with Crippen LogP contribution in [0.3, 0.4) is 0 Å². The molecule has 1 saturated carbocycles. The van der Waals surface area contributed by atoms with Gasteiger partial charge in [0.05, 0.1) is 30.1 Å². The lowest BCUT2D eigenvalue weighted by Crippen LogP contribution is -2.51. The number of nitrogens with zero attached hydrogens (tertiary/aromatic N) is 2. The number of pyridine rings is 1. The second-order valence-corrected chi connectivity index (χ2v) is 11.1. The number of nitrogens with one attached hydrogen (secondary N) is 1. The standard InChI is InChI=1S/C31H26F4N4O6/c1-29(28(36)41)15-44-25-21(29)13-23(39-24(25)16-2-5-18(32)6-3-16)30(42,31(33,34)35)14-38-26(40)17-4-9-22(45-19-7-8-19)20(12-17)27-37-10-11-43-27/h2-6,9-13,19,42H,7-8,14-15H2,1H3,(H2,36,41)(H,38,40)/t29-,30-/m0/s1. The van der Waals surface area contributed by atoms with Crippen molar-refractivity contribution in [3.8, 4) is 34.2 Å². The predicted octanol–water partition coefficient (Wildman–Crippen LogP) is 4.40. The van der Waals surface area contributed by atoms with Gasteiger partial charge in [0, 0.05) is 16.7 Å². The van der Waals surface area contributed by atoms with Crippen molar-refractivity contribution in [2.24, 2.45) is 5.73 Å². The largest absolute Gasteiger partial charge is 0.490 e.